The minimum absolute atomic E-state index is 0.414. The van der Waals surface area contributed by atoms with Crippen LogP contribution in [0.1, 0.15) is 5.01 Å². The van der Waals surface area contributed by atoms with Crippen molar-refractivity contribution in [3.05, 3.63) is 10.4 Å². The molecule has 0 bridgehead atoms. The van der Waals surface area contributed by atoms with E-state index in [1.807, 2.05) is 0 Å². The lowest BCUT2D eigenvalue weighted by Crippen LogP contribution is -2.09. The molecule has 0 N–H and O–H groups in total. The van der Waals surface area contributed by atoms with Crippen LogP contribution in [0, 0.1) is 0 Å². The SMILES string of the molecule is Bc1csc(C(F)(F)F)n1. The number of aromatic nitrogens is 1. The molecule has 0 saturated carbocycles. The highest BCUT2D eigenvalue weighted by Gasteiger charge is 2.33. The Hall–Kier alpha value is -0.515. The van der Waals surface area contributed by atoms with Crippen LogP contribution in [-0.4, -0.2) is 12.8 Å². The van der Waals surface area contributed by atoms with Crippen molar-refractivity contribution in [3.63, 3.8) is 0 Å². The second-order valence-electron chi connectivity index (χ2n) is 1.79. The Bertz CT molecular complexity index is 231. The number of rotatable bonds is 0. The zero-order chi connectivity index (χ0) is 7.78. The van der Waals surface area contributed by atoms with E-state index in [0.717, 1.165) is 0 Å². The van der Waals surface area contributed by atoms with E-state index in [-0.39, 0.29) is 0 Å². The lowest BCUT2D eigenvalue weighted by Gasteiger charge is -1.98. The molecule has 1 rings (SSSR count). The van der Waals surface area contributed by atoms with Crippen molar-refractivity contribution in [2.24, 2.45) is 0 Å². The Balaban J connectivity index is 2.96. The van der Waals surface area contributed by atoms with Gasteiger partial charge in [-0.25, -0.2) is 4.98 Å². The first-order valence-electron chi connectivity index (χ1n) is 2.49. The Morgan fingerprint density at radius 3 is 2.30 bits per heavy atom. The van der Waals surface area contributed by atoms with Gasteiger partial charge < -0.3 is 0 Å². The number of hydrogen-bond donors (Lipinski definition) is 0. The highest BCUT2D eigenvalue weighted by atomic mass is 32.1. The van der Waals surface area contributed by atoms with E-state index >= 15 is 0 Å². The van der Waals surface area contributed by atoms with Gasteiger partial charge in [-0.15, -0.1) is 11.3 Å². The summed E-state index contributed by atoms with van der Waals surface area (Å²) in [5.41, 5.74) is 0.414. The van der Waals surface area contributed by atoms with E-state index in [9.17, 15) is 13.2 Å². The third-order valence-electron chi connectivity index (χ3n) is 0.862. The molecule has 0 aliphatic carbocycles. The van der Waals surface area contributed by atoms with Crippen LogP contribution in [0.15, 0.2) is 5.38 Å². The number of nitrogens with zero attached hydrogens (tertiary/aromatic N) is 1. The summed E-state index contributed by atoms with van der Waals surface area (Å²) < 4.78 is 35.2. The highest BCUT2D eigenvalue weighted by molar-refractivity contribution is 7.10. The highest BCUT2D eigenvalue weighted by Crippen LogP contribution is 2.29. The van der Waals surface area contributed by atoms with Crippen LogP contribution < -0.4 is 5.59 Å². The fourth-order valence-corrected chi connectivity index (χ4v) is 1.15. The van der Waals surface area contributed by atoms with Crippen molar-refractivity contribution in [1.29, 1.82) is 0 Å². The zero-order valence-corrected chi connectivity index (χ0v) is 5.88. The van der Waals surface area contributed by atoms with Crippen molar-refractivity contribution in [2.45, 2.75) is 6.18 Å². The van der Waals surface area contributed by atoms with Crippen LogP contribution in [0.3, 0.4) is 0 Å². The normalized spacial score (nSPS) is 11.9. The molecule has 0 aliphatic rings. The molecule has 0 amide bonds. The summed E-state index contributed by atoms with van der Waals surface area (Å²) in [5.74, 6) is 0. The molecule has 0 unspecified atom stereocenters. The van der Waals surface area contributed by atoms with Crippen molar-refractivity contribution in [3.8, 4) is 0 Å². The largest absolute Gasteiger partial charge is 0.443 e. The molecule has 10 heavy (non-hydrogen) atoms. The standard InChI is InChI=1S/C4H3BF3NS/c5-2-1-10-3(9-2)4(6,7)8/h1H,5H2. The molecule has 0 atom stereocenters. The van der Waals surface area contributed by atoms with Crippen LogP contribution in [0.2, 0.25) is 0 Å². The molecule has 0 aromatic carbocycles. The maximum absolute atomic E-state index is 11.7. The number of halogens is 3. The number of alkyl halides is 3. The van der Waals surface area contributed by atoms with Gasteiger partial charge >= 0.3 is 6.18 Å². The minimum Gasteiger partial charge on any atom is -0.248 e. The van der Waals surface area contributed by atoms with E-state index in [1.165, 1.54) is 13.2 Å². The van der Waals surface area contributed by atoms with E-state index in [4.69, 9.17) is 0 Å². The van der Waals surface area contributed by atoms with Gasteiger partial charge in [0.2, 0.25) is 0 Å². The first kappa shape index (κ1) is 7.59. The Kier molecular flexibility index (Phi) is 1.72. The molecule has 1 aromatic rings. The maximum Gasteiger partial charge on any atom is 0.443 e. The second-order valence-corrected chi connectivity index (χ2v) is 2.65. The first-order valence-corrected chi connectivity index (χ1v) is 3.37. The first-order chi connectivity index (χ1) is 4.50. The van der Waals surface area contributed by atoms with Gasteiger partial charge in [0.15, 0.2) is 12.9 Å². The molecule has 54 valence electrons. The van der Waals surface area contributed by atoms with Gasteiger partial charge in [0.05, 0.1) is 0 Å². The molecule has 6 heteroatoms. The van der Waals surface area contributed by atoms with Gasteiger partial charge in [-0.2, -0.15) is 13.2 Å². The fraction of sp³-hybridized carbons (Fsp3) is 0.250. The lowest BCUT2D eigenvalue weighted by atomic mass is 10.1. The Labute approximate surface area is 60.3 Å². The van der Waals surface area contributed by atoms with Crippen LogP contribution >= 0.6 is 11.3 Å². The molecule has 1 nitrogen and oxygen atoms in total. The minimum atomic E-state index is -4.28. The predicted octanol–water partition coefficient (Wildman–Crippen LogP) is 0.420. The summed E-state index contributed by atoms with van der Waals surface area (Å²) in [7, 11) is 1.53. The summed E-state index contributed by atoms with van der Waals surface area (Å²) in [5, 5.41) is 0.605. The Morgan fingerprint density at radius 2 is 2.10 bits per heavy atom. The lowest BCUT2D eigenvalue weighted by molar-refractivity contribution is -0.137. The molecule has 0 aliphatic heterocycles. The average molecular weight is 165 g/mol. The zero-order valence-electron chi connectivity index (χ0n) is 5.07. The van der Waals surface area contributed by atoms with E-state index in [0.29, 0.717) is 16.9 Å². The van der Waals surface area contributed by atoms with Crippen LogP contribution in [0.25, 0.3) is 0 Å². The van der Waals surface area contributed by atoms with Gasteiger partial charge in [-0.1, -0.05) is 0 Å². The summed E-state index contributed by atoms with van der Waals surface area (Å²) in [4.78, 5) is 3.28. The van der Waals surface area contributed by atoms with Crippen molar-refractivity contribution < 1.29 is 13.2 Å². The number of thiazole rings is 1. The molecule has 0 saturated heterocycles. The molecular formula is C4H3BF3NS. The average Bonchev–Trinajstić information content (AvgIpc) is 2.11. The smallest absolute Gasteiger partial charge is 0.248 e. The Morgan fingerprint density at radius 1 is 1.50 bits per heavy atom. The molecular weight excluding hydrogens is 162 g/mol. The fourth-order valence-electron chi connectivity index (χ4n) is 0.484. The van der Waals surface area contributed by atoms with Gasteiger partial charge in [0.25, 0.3) is 0 Å². The van der Waals surface area contributed by atoms with Crippen LogP contribution in [0.5, 0.6) is 0 Å². The monoisotopic (exact) mass is 165 g/mol. The van der Waals surface area contributed by atoms with Crippen LogP contribution in [0.4, 0.5) is 13.2 Å². The summed E-state index contributed by atoms with van der Waals surface area (Å²) in [6, 6.07) is 0. The quantitative estimate of drug-likeness (QED) is 0.507. The molecule has 0 radical (unpaired) electrons. The summed E-state index contributed by atoms with van der Waals surface area (Å²) in [6.45, 7) is 0. The van der Waals surface area contributed by atoms with Gasteiger partial charge in [0.1, 0.15) is 0 Å². The second kappa shape index (κ2) is 2.27. The molecule has 1 aromatic heterocycles. The predicted molar refractivity (Wildman–Crippen MR) is 35.3 cm³/mol. The molecule has 0 fully saturated rings. The van der Waals surface area contributed by atoms with E-state index in [1.54, 1.807) is 0 Å². The van der Waals surface area contributed by atoms with Crippen LogP contribution in [-0.2, 0) is 6.18 Å². The van der Waals surface area contributed by atoms with Gasteiger partial charge in [0, 0.05) is 11.0 Å². The van der Waals surface area contributed by atoms with Crippen molar-refractivity contribution >= 4 is 24.8 Å². The van der Waals surface area contributed by atoms with Crippen molar-refractivity contribution in [2.75, 3.05) is 0 Å². The van der Waals surface area contributed by atoms with Gasteiger partial charge in [-0.05, 0) is 0 Å². The maximum atomic E-state index is 11.7. The topological polar surface area (TPSA) is 12.9 Å². The van der Waals surface area contributed by atoms with Gasteiger partial charge in [-0.3, -0.25) is 0 Å². The third kappa shape index (κ3) is 1.50. The molecule has 0 spiro atoms. The summed E-state index contributed by atoms with van der Waals surface area (Å²) in [6.07, 6.45) is -4.28. The number of hydrogen-bond acceptors (Lipinski definition) is 2. The molecule has 1 heterocycles. The summed E-state index contributed by atoms with van der Waals surface area (Å²) >= 11 is 0.620. The van der Waals surface area contributed by atoms with E-state index < -0.39 is 11.2 Å². The van der Waals surface area contributed by atoms with Crippen molar-refractivity contribution in [1.82, 2.24) is 4.98 Å². The third-order valence-corrected chi connectivity index (χ3v) is 1.87. The van der Waals surface area contributed by atoms with E-state index in [2.05, 4.69) is 4.98 Å².